The molecule has 7 nitrogen and oxygen atoms in total. The number of sulfonamides is 1. The van der Waals surface area contributed by atoms with Crippen LogP contribution in [0.15, 0.2) is 48.5 Å². The van der Waals surface area contributed by atoms with Gasteiger partial charge in [0, 0.05) is 42.6 Å². The van der Waals surface area contributed by atoms with Gasteiger partial charge in [0.25, 0.3) is 0 Å². The number of nitrogens with zero attached hydrogens (tertiary/aromatic N) is 2. The van der Waals surface area contributed by atoms with Gasteiger partial charge in [-0.05, 0) is 54.8 Å². The van der Waals surface area contributed by atoms with Gasteiger partial charge >= 0.3 is 0 Å². The molecule has 9 heteroatoms. The van der Waals surface area contributed by atoms with Crippen LogP contribution >= 0.6 is 11.6 Å². The second kappa shape index (κ2) is 10.2. The van der Waals surface area contributed by atoms with Crippen molar-refractivity contribution in [1.29, 1.82) is 0 Å². The third kappa shape index (κ3) is 5.81. The summed E-state index contributed by atoms with van der Waals surface area (Å²) >= 11 is 5.89. The van der Waals surface area contributed by atoms with E-state index in [4.69, 9.17) is 16.3 Å². The zero-order chi connectivity index (χ0) is 22.6. The van der Waals surface area contributed by atoms with E-state index in [0.717, 1.165) is 32.0 Å². The van der Waals surface area contributed by atoms with Crippen molar-refractivity contribution in [2.24, 2.45) is 5.92 Å². The Morgan fingerprint density at radius 2 is 1.72 bits per heavy atom. The summed E-state index contributed by atoms with van der Waals surface area (Å²) in [4.78, 5) is 15.1. The number of amides is 1. The number of halogens is 1. The number of morpholine rings is 1. The minimum atomic E-state index is -3.51. The van der Waals surface area contributed by atoms with Crippen LogP contribution in [0.2, 0.25) is 5.02 Å². The van der Waals surface area contributed by atoms with Crippen molar-refractivity contribution in [3.05, 3.63) is 59.1 Å². The second-order valence-corrected chi connectivity index (χ2v) is 10.6. The van der Waals surface area contributed by atoms with Crippen molar-refractivity contribution in [2.45, 2.75) is 18.6 Å². The normalized spacial score (nSPS) is 20.2. The Kier molecular flexibility index (Phi) is 7.35. The van der Waals surface area contributed by atoms with Crippen molar-refractivity contribution in [3.8, 4) is 0 Å². The predicted molar refractivity (Wildman–Crippen MR) is 126 cm³/mol. The fourth-order valence-corrected chi connectivity index (χ4v) is 5.85. The lowest BCUT2D eigenvalue weighted by Gasteiger charge is -2.31. The maximum absolute atomic E-state index is 12.9. The van der Waals surface area contributed by atoms with Gasteiger partial charge in [-0.1, -0.05) is 23.7 Å². The van der Waals surface area contributed by atoms with E-state index < -0.39 is 10.0 Å². The number of carbonyl (C=O) groups is 1. The molecule has 1 N–H and O–H groups in total. The van der Waals surface area contributed by atoms with Crippen LogP contribution in [0, 0.1) is 5.92 Å². The standard InChI is InChI=1S/C23H28ClN3O4S/c24-20-5-3-18(4-6-20)17-32(29,30)27-11-1-2-19(16-27)23(28)25-21-7-9-22(10-8-21)26-12-14-31-15-13-26/h3-10,19H,1-2,11-17H2,(H,25,28). The lowest BCUT2D eigenvalue weighted by atomic mass is 9.98. The van der Waals surface area contributed by atoms with Crippen molar-refractivity contribution in [1.82, 2.24) is 4.31 Å². The Balaban J connectivity index is 1.35. The molecule has 0 aromatic heterocycles. The average Bonchev–Trinajstić information content (AvgIpc) is 2.81. The lowest BCUT2D eigenvalue weighted by molar-refractivity contribution is -0.120. The quantitative estimate of drug-likeness (QED) is 0.690. The molecule has 1 amide bonds. The molecule has 0 radical (unpaired) electrons. The van der Waals surface area contributed by atoms with E-state index in [1.165, 1.54) is 4.31 Å². The van der Waals surface area contributed by atoms with Gasteiger partial charge in [0.05, 0.1) is 24.9 Å². The van der Waals surface area contributed by atoms with Crippen LogP contribution < -0.4 is 10.2 Å². The zero-order valence-electron chi connectivity index (χ0n) is 17.9. The molecule has 2 saturated heterocycles. The Morgan fingerprint density at radius 1 is 1.03 bits per heavy atom. The average molecular weight is 478 g/mol. The Morgan fingerprint density at radius 3 is 2.41 bits per heavy atom. The van der Waals surface area contributed by atoms with Crippen molar-refractivity contribution in [2.75, 3.05) is 49.6 Å². The van der Waals surface area contributed by atoms with Crippen molar-refractivity contribution in [3.63, 3.8) is 0 Å². The molecular formula is C23H28ClN3O4S. The Labute approximate surface area is 194 Å². The van der Waals surface area contributed by atoms with E-state index in [0.29, 0.717) is 35.7 Å². The number of hydrogen-bond donors (Lipinski definition) is 1. The molecule has 0 spiro atoms. The van der Waals surface area contributed by atoms with Crippen LogP contribution in [0.25, 0.3) is 0 Å². The number of benzene rings is 2. The topological polar surface area (TPSA) is 79.0 Å². The highest BCUT2D eigenvalue weighted by molar-refractivity contribution is 7.88. The van der Waals surface area contributed by atoms with Crippen LogP contribution in [0.1, 0.15) is 18.4 Å². The SMILES string of the molecule is O=C(Nc1ccc(N2CCOCC2)cc1)C1CCCN(S(=O)(=O)Cc2ccc(Cl)cc2)C1. The number of piperidine rings is 1. The first-order chi connectivity index (χ1) is 15.4. The summed E-state index contributed by atoms with van der Waals surface area (Å²) in [6, 6.07) is 14.6. The summed E-state index contributed by atoms with van der Waals surface area (Å²) in [6.45, 7) is 3.79. The molecule has 2 heterocycles. The van der Waals surface area contributed by atoms with Gasteiger partial charge in [-0.15, -0.1) is 0 Å². The van der Waals surface area contributed by atoms with Gasteiger partial charge in [0.2, 0.25) is 15.9 Å². The number of rotatable bonds is 6. The minimum Gasteiger partial charge on any atom is -0.378 e. The van der Waals surface area contributed by atoms with Crippen LogP contribution in [-0.2, 0) is 25.3 Å². The number of ether oxygens (including phenoxy) is 1. The highest BCUT2D eigenvalue weighted by atomic mass is 35.5. The summed E-state index contributed by atoms with van der Waals surface area (Å²) in [5.74, 6) is -0.611. The van der Waals surface area contributed by atoms with Crippen molar-refractivity contribution >= 4 is 38.9 Å². The maximum Gasteiger partial charge on any atom is 0.228 e. The number of nitrogens with one attached hydrogen (secondary N) is 1. The summed E-state index contributed by atoms with van der Waals surface area (Å²) in [6.07, 6.45) is 1.33. The van der Waals surface area contributed by atoms with Gasteiger partial charge in [-0.25, -0.2) is 12.7 Å². The molecule has 1 unspecified atom stereocenters. The van der Waals surface area contributed by atoms with E-state index in [-0.39, 0.29) is 24.1 Å². The van der Waals surface area contributed by atoms with Crippen LogP contribution in [0.4, 0.5) is 11.4 Å². The molecule has 1 atom stereocenters. The van der Waals surface area contributed by atoms with E-state index in [2.05, 4.69) is 10.2 Å². The fourth-order valence-electron chi connectivity index (χ4n) is 4.11. The van der Waals surface area contributed by atoms with Gasteiger partial charge < -0.3 is 15.0 Å². The first-order valence-corrected chi connectivity index (χ1v) is 12.9. The van der Waals surface area contributed by atoms with Crippen LogP contribution in [0.3, 0.4) is 0 Å². The number of carbonyl (C=O) groups excluding carboxylic acids is 1. The Bertz CT molecular complexity index is 1020. The van der Waals surface area contributed by atoms with Crippen molar-refractivity contribution < 1.29 is 17.9 Å². The summed E-state index contributed by atoms with van der Waals surface area (Å²) < 4.78 is 32.6. The molecule has 32 heavy (non-hydrogen) atoms. The largest absolute Gasteiger partial charge is 0.378 e. The molecule has 4 rings (SSSR count). The third-order valence-corrected chi connectivity index (χ3v) is 7.99. The lowest BCUT2D eigenvalue weighted by Crippen LogP contribution is -2.44. The van der Waals surface area contributed by atoms with E-state index in [1.54, 1.807) is 24.3 Å². The molecule has 0 bridgehead atoms. The monoisotopic (exact) mass is 477 g/mol. The third-order valence-electron chi connectivity index (χ3n) is 5.92. The first kappa shape index (κ1) is 23.0. The zero-order valence-corrected chi connectivity index (χ0v) is 19.4. The highest BCUT2D eigenvalue weighted by Crippen LogP contribution is 2.24. The summed E-state index contributed by atoms with van der Waals surface area (Å²) in [7, 11) is -3.51. The van der Waals surface area contributed by atoms with E-state index >= 15 is 0 Å². The molecule has 2 fully saturated rings. The molecule has 2 aliphatic rings. The van der Waals surface area contributed by atoms with Gasteiger partial charge in [0.1, 0.15) is 0 Å². The van der Waals surface area contributed by atoms with Gasteiger partial charge in [0.15, 0.2) is 0 Å². The molecule has 0 aliphatic carbocycles. The first-order valence-electron chi connectivity index (χ1n) is 10.9. The fraction of sp³-hybridized carbons (Fsp3) is 0.435. The van der Waals surface area contributed by atoms with Gasteiger partial charge in [-0.2, -0.15) is 0 Å². The second-order valence-electron chi connectivity index (χ2n) is 8.22. The molecule has 172 valence electrons. The maximum atomic E-state index is 12.9. The summed E-state index contributed by atoms with van der Waals surface area (Å²) in [5, 5.41) is 3.52. The molecule has 2 aliphatic heterocycles. The smallest absolute Gasteiger partial charge is 0.228 e. The number of hydrogen-bond acceptors (Lipinski definition) is 5. The summed E-state index contributed by atoms with van der Waals surface area (Å²) in [5.41, 5.74) is 2.50. The van der Waals surface area contributed by atoms with Crippen LogP contribution in [-0.4, -0.2) is 58.0 Å². The van der Waals surface area contributed by atoms with Crippen LogP contribution in [0.5, 0.6) is 0 Å². The van der Waals surface area contributed by atoms with E-state index in [1.807, 2.05) is 24.3 Å². The molecule has 2 aromatic carbocycles. The highest BCUT2D eigenvalue weighted by Gasteiger charge is 2.32. The number of anilines is 2. The van der Waals surface area contributed by atoms with Gasteiger partial charge in [-0.3, -0.25) is 4.79 Å². The van der Waals surface area contributed by atoms with E-state index in [9.17, 15) is 13.2 Å². The predicted octanol–water partition coefficient (Wildman–Crippen LogP) is 3.36. The molecular weight excluding hydrogens is 450 g/mol. The molecule has 2 aromatic rings. The Hall–Kier alpha value is -2.13. The minimum absolute atomic E-state index is 0.0957. The molecule has 0 saturated carbocycles.